The molecule has 1 aliphatic carbocycles. The van der Waals surface area contributed by atoms with Gasteiger partial charge >= 0.3 is 0 Å². The molecule has 1 nitrogen and oxygen atoms in total. The predicted molar refractivity (Wildman–Crippen MR) is 84.9 cm³/mol. The van der Waals surface area contributed by atoms with Crippen LogP contribution in [0.4, 0.5) is 0 Å². The molecule has 2 unspecified atom stereocenters. The zero-order valence-corrected chi connectivity index (χ0v) is 13.9. The zero-order chi connectivity index (χ0) is 13.8. The average Bonchev–Trinajstić information content (AvgIpc) is 2.41. The Labute approximate surface area is 125 Å². The monoisotopic (exact) mass is 324 g/mol. The second-order valence-corrected chi connectivity index (χ2v) is 6.86. The summed E-state index contributed by atoms with van der Waals surface area (Å²) in [5, 5.41) is 0. The molecule has 0 spiro atoms. The number of halogens is 1. The van der Waals surface area contributed by atoms with Crippen molar-refractivity contribution in [2.24, 2.45) is 5.92 Å². The van der Waals surface area contributed by atoms with Gasteiger partial charge in [-0.15, -0.1) is 0 Å². The summed E-state index contributed by atoms with van der Waals surface area (Å²) in [6, 6.07) is 6.41. The standard InChI is InChI=1S/C17H25BrO/c1-4-13-7-5-6-8-16(13)19-17-10-9-14(18)11-15(17)12(2)3/h9-13,16H,4-8H2,1-3H3. The van der Waals surface area contributed by atoms with E-state index < -0.39 is 0 Å². The quantitative estimate of drug-likeness (QED) is 0.667. The fraction of sp³-hybridized carbons (Fsp3) is 0.647. The van der Waals surface area contributed by atoms with Gasteiger partial charge in [0.05, 0.1) is 0 Å². The molecule has 1 aliphatic rings. The largest absolute Gasteiger partial charge is 0.490 e. The minimum atomic E-state index is 0.414. The van der Waals surface area contributed by atoms with Crippen molar-refractivity contribution < 1.29 is 4.74 Å². The van der Waals surface area contributed by atoms with E-state index in [1.54, 1.807) is 0 Å². The van der Waals surface area contributed by atoms with Gasteiger partial charge in [-0.3, -0.25) is 0 Å². The smallest absolute Gasteiger partial charge is 0.123 e. The van der Waals surface area contributed by atoms with Crippen LogP contribution in [0.15, 0.2) is 22.7 Å². The van der Waals surface area contributed by atoms with Crippen molar-refractivity contribution in [1.29, 1.82) is 0 Å². The van der Waals surface area contributed by atoms with Crippen LogP contribution >= 0.6 is 15.9 Å². The molecule has 1 aromatic rings. The van der Waals surface area contributed by atoms with E-state index >= 15 is 0 Å². The van der Waals surface area contributed by atoms with E-state index in [-0.39, 0.29) is 0 Å². The Kier molecular flexibility index (Phi) is 5.32. The number of benzene rings is 1. The number of hydrogen-bond donors (Lipinski definition) is 0. The highest BCUT2D eigenvalue weighted by atomic mass is 79.9. The van der Waals surface area contributed by atoms with Crippen molar-refractivity contribution in [3.63, 3.8) is 0 Å². The van der Waals surface area contributed by atoms with Gasteiger partial charge in [0.2, 0.25) is 0 Å². The van der Waals surface area contributed by atoms with Gasteiger partial charge in [-0.25, -0.2) is 0 Å². The molecule has 0 radical (unpaired) electrons. The third-order valence-electron chi connectivity index (χ3n) is 4.24. The summed E-state index contributed by atoms with van der Waals surface area (Å²) < 4.78 is 7.52. The van der Waals surface area contributed by atoms with Gasteiger partial charge in [-0.05, 0) is 61.3 Å². The molecule has 1 fully saturated rings. The van der Waals surface area contributed by atoms with Crippen LogP contribution in [0.25, 0.3) is 0 Å². The van der Waals surface area contributed by atoms with Crippen LogP contribution in [-0.2, 0) is 0 Å². The van der Waals surface area contributed by atoms with E-state index in [0.29, 0.717) is 12.0 Å². The van der Waals surface area contributed by atoms with Crippen molar-refractivity contribution in [2.75, 3.05) is 0 Å². The first-order valence-corrected chi connectivity index (χ1v) is 8.37. The highest BCUT2D eigenvalue weighted by Crippen LogP contribution is 2.35. The SMILES string of the molecule is CCC1CCCCC1Oc1ccc(Br)cc1C(C)C. The van der Waals surface area contributed by atoms with Gasteiger partial charge < -0.3 is 4.74 Å². The van der Waals surface area contributed by atoms with Crippen LogP contribution in [0.2, 0.25) is 0 Å². The first kappa shape index (κ1) is 14.9. The van der Waals surface area contributed by atoms with Gasteiger partial charge in [0, 0.05) is 4.47 Å². The van der Waals surface area contributed by atoms with Crippen molar-refractivity contribution in [3.8, 4) is 5.75 Å². The Morgan fingerprint density at radius 2 is 2.00 bits per heavy atom. The highest BCUT2D eigenvalue weighted by Gasteiger charge is 2.26. The van der Waals surface area contributed by atoms with E-state index in [9.17, 15) is 0 Å². The summed E-state index contributed by atoms with van der Waals surface area (Å²) in [5.41, 5.74) is 1.31. The maximum atomic E-state index is 6.39. The molecule has 2 rings (SSSR count). The normalized spacial score (nSPS) is 23.6. The third kappa shape index (κ3) is 3.75. The molecule has 0 saturated heterocycles. The molecule has 2 atom stereocenters. The van der Waals surface area contributed by atoms with Crippen molar-refractivity contribution in [3.05, 3.63) is 28.2 Å². The first-order valence-electron chi connectivity index (χ1n) is 7.58. The zero-order valence-electron chi connectivity index (χ0n) is 12.3. The molecule has 0 heterocycles. The van der Waals surface area contributed by atoms with Gasteiger partial charge in [0.25, 0.3) is 0 Å². The Morgan fingerprint density at radius 1 is 1.26 bits per heavy atom. The maximum absolute atomic E-state index is 6.39. The van der Waals surface area contributed by atoms with Crippen molar-refractivity contribution in [2.45, 2.75) is 64.9 Å². The van der Waals surface area contributed by atoms with Gasteiger partial charge in [0.1, 0.15) is 11.9 Å². The van der Waals surface area contributed by atoms with Gasteiger partial charge in [-0.1, -0.05) is 43.1 Å². The van der Waals surface area contributed by atoms with Gasteiger partial charge in [0.15, 0.2) is 0 Å². The molecule has 0 amide bonds. The van der Waals surface area contributed by atoms with Crippen LogP contribution in [0.5, 0.6) is 5.75 Å². The van der Waals surface area contributed by atoms with Crippen molar-refractivity contribution >= 4 is 15.9 Å². The lowest BCUT2D eigenvalue weighted by Gasteiger charge is -2.32. The summed E-state index contributed by atoms with van der Waals surface area (Å²) in [6.45, 7) is 6.75. The number of ether oxygens (including phenoxy) is 1. The van der Waals surface area contributed by atoms with E-state index in [1.807, 2.05) is 0 Å². The summed E-state index contributed by atoms with van der Waals surface area (Å²) in [6.07, 6.45) is 6.88. The number of rotatable bonds is 4. The Balaban J connectivity index is 2.17. The maximum Gasteiger partial charge on any atom is 0.123 e. The molecular formula is C17H25BrO. The second kappa shape index (κ2) is 6.78. The number of hydrogen-bond acceptors (Lipinski definition) is 1. The molecule has 0 aliphatic heterocycles. The molecule has 0 N–H and O–H groups in total. The van der Waals surface area contributed by atoms with E-state index in [0.717, 1.165) is 16.1 Å². The average molecular weight is 325 g/mol. The fourth-order valence-electron chi connectivity index (χ4n) is 3.04. The van der Waals surface area contributed by atoms with Crippen LogP contribution < -0.4 is 4.74 Å². The topological polar surface area (TPSA) is 9.23 Å². The summed E-state index contributed by atoms with van der Waals surface area (Å²) in [5.74, 6) is 2.32. The molecule has 0 bridgehead atoms. The van der Waals surface area contributed by atoms with Crippen molar-refractivity contribution in [1.82, 2.24) is 0 Å². The minimum absolute atomic E-state index is 0.414. The lowest BCUT2D eigenvalue weighted by molar-refractivity contribution is 0.0891. The molecule has 1 aromatic carbocycles. The highest BCUT2D eigenvalue weighted by molar-refractivity contribution is 9.10. The fourth-order valence-corrected chi connectivity index (χ4v) is 3.42. The van der Waals surface area contributed by atoms with Crippen LogP contribution in [0.3, 0.4) is 0 Å². The van der Waals surface area contributed by atoms with Crippen LogP contribution in [0, 0.1) is 5.92 Å². The third-order valence-corrected chi connectivity index (χ3v) is 4.73. The van der Waals surface area contributed by atoms with Crippen LogP contribution in [-0.4, -0.2) is 6.10 Å². The second-order valence-electron chi connectivity index (χ2n) is 5.95. The molecule has 106 valence electrons. The van der Waals surface area contributed by atoms with Gasteiger partial charge in [-0.2, -0.15) is 0 Å². The summed E-state index contributed by atoms with van der Waals surface area (Å²) in [7, 11) is 0. The van der Waals surface area contributed by atoms with E-state index in [1.165, 1.54) is 37.7 Å². The molecular weight excluding hydrogens is 300 g/mol. The minimum Gasteiger partial charge on any atom is -0.490 e. The molecule has 19 heavy (non-hydrogen) atoms. The first-order chi connectivity index (χ1) is 9.11. The Hall–Kier alpha value is -0.500. The van der Waals surface area contributed by atoms with E-state index in [4.69, 9.17) is 4.74 Å². The predicted octanol–water partition coefficient (Wildman–Crippen LogP) is 5.92. The molecule has 0 aromatic heterocycles. The molecule has 2 heteroatoms. The summed E-state index contributed by atoms with van der Waals surface area (Å²) in [4.78, 5) is 0. The Morgan fingerprint density at radius 3 is 2.68 bits per heavy atom. The Bertz CT molecular complexity index is 414. The molecule has 1 saturated carbocycles. The lowest BCUT2D eigenvalue weighted by Crippen LogP contribution is -2.30. The lowest BCUT2D eigenvalue weighted by atomic mass is 9.84. The van der Waals surface area contributed by atoms with Crippen LogP contribution in [0.1, 0.15) is 64.4 Å². The summed E-state index contributed by atoms with van der Waals surface area (Å²) >= 11 is 3.56. The van der Waals surface area contributed by atoms with E-state index in [2.05, 4.69) is 54.9 Å².